The fraction of sp³-hybridized carbons (Fsp3) is 0.833. The predicted molar refractivity (Wildman–Crippen MR) is 71.9 cm³/mol. The number of carbonyl (C=O) groups excluding carboxylic acids is 1. The van der Waals surface area contributed by atoms with Gasteiger partial charge in [-0.25, -0.2) is 4.79 Å². The quantitative estimate of drug-likeness (QED) is 0.853. The number of carbonyl (C=O) groups is 1. The van der Waals surface area contributed by atoms with Crippen LogP contribution in [-0.2, 0) is 4.74 Å². The first-order valence-corrected chi connectivity index (χ1v) is 6.82. The van der Waals surface area contributed by atoms with Gasteiger partial charge in [-0.1, -0.05) is 5.21 Å². The van der Waals surface area contributed by atoms with E-state index in [9.17, 15) is 4.79 Å². The van der Waals surface area contributed by atoms with Crippen molar-refractivity contribution in [2.75, 3.05) is 13.1 Å². The molecule has 20 heavy (non-hydrogen) atoms. The molecule has 1 amide bonds. The number of aromatic amines is 1. The second-order valence-electron chi connectivity index (χ2n) is 6.07. The summed E-state index contributed by atoms with van der Waals surface area (Å²) in [4.78, 5) is 13.7. The minimum atomic E-state index is -0.458. The SMILES string of the molecule is CC(NC1CCN(C(=O)OC(C)(C)C)C1)c1nn[nH]n1. The van der Waals surface area contributed by atoms with Crippen molar-refractivity contribution in [3.8, 4) is 0 Å². The molecular formula is C12H22N6O2. The molecule has 0 spiro atoms. The molecule has 0 radical (unpaired) electrons. The molecular weight excluding hydrogens is 260 g/mol. The smallest absolute Gasteiger partial charge is 0.410 e. The Labute approximate surface area is 118 Å². The van der Waals surface area contributed by atoms with Gasteiger partial charge in [-0.2, -0.15) is 5.21 Å². The highest BCUT2D eigenvalue weighted by molar-refractivity contribution is 5.68. The molecule has 1 aromatic heterocycles. The van der Waals surface area contributed by atoms with E-state index in [0.29, 0.717) is 18.9 Å². The lowest BCUT2D eigenvalue weighted by Gasteiger charge is -2.24. The lowest BCUT2D eigenvalue weighted by molar-refractivity contribution is 0.0290. The summed E-state index contributed by atoms with van der Waals surface area (Å²) in [5.41, 5.74) is -0.458. The number of nitrogens with zero attached hydrogens (tertiary/aromatic N) is 4. The fourth-order valence-electron chi connectivity index (χ4n) is 2.17. The van der Waals surface area contributed by atoms with Gasteiger partial charge in [0, 0.05) is 19.1 Å². The monoisotopic (exact) mass is 282 g/mol. The van der Waals surface area contributed by atoms with Crippen LogP contribution in [0.4, 0.5) is 4.79 Å². The number of aromatic nitrogens is 4. The van der Waals surface area contributed by atoms with E-state index in [1.54, 1.807) is 4.90 Å². The van der Waals surface area contributed by atoms with Gasteiger partial charge in [0.05, 0.1) is 6.04 Å². The van der Waals surface area contributed by atoms with Crippen LogP contribution >= 0.6 is 0 Å². The topological polar surface area (TPSA) is 96.0 Å². The molecule has 112 valence electrons. The molecule has 2 unspecified atom stereocenters. The summed E-state index contributed by atoms with van der Waals surface area (Å²) in [5, 5.41) is 17.3. The number of ether oxygens (including phenoxy) is 1. The highest BCUT2D eigenvalue weighted by Crippen LogP contribution is 2.17. The highest BCUT2D eigenvalue weighted by atomic mass is 16.6. The van der Waals surface area contributed by atoms with Crippen LogP contribution in [0.1, 0.15) is 46.0 Å². The maximum Gasteiger partial charge on any atom is 0.410 e. The van der Waals surface area contributed by atoms with Crippen molar-refractivity contribution in [2.24, 2.45) is 0 Å². The number of likely N-dealkylation sites (tertiary alicyclic amines) is 1. The number of H-pyrrole nitrogens is 1. The van der Waals surface area contributed by atoms with Crippen LogP contribution in [0, 0.1) is 0 Å². The first-order valence-electron chi connectivity index (χ1n) is 6.82. The maximum atomic E-state index is 12.0. The van der Waals surface area contributed by atoms with Crippen LogP contribution in [0.25, 0.3) is 0 Å². The molecule has 2 heterocycles. The third kappa shape index (κ3) is 3.89. The zero-order valence-corrected chi connectivity index (χ0v) is 12.4. The Morgan fingerprint density at radius 1 is 1.55 bits per heavy atom. The summed E-state index contributed by atoms with van der Waals surface area (Å²) in [6.45, 7) is 8.92. The summed E-state index contributed by atoms with van der Waals surface area (Å²) in [6, 6.07) is 0.216. The first kappa shape index (κ1) is 14.7. The predicted octanol–water partition coefficient (Wildman–Crippen LogP) is 0.860. The average molecular weight is 282 g/mol. The Bertz CT molecular complexity index is 441. The molecule has 0 aromatic carbocycles. The first-order chi connectivity index (χ1) is 9.35. The van der Waals surface area contributed by atoms with E-state index in [1.807, 2.05) is 27.7 Å². The molecule has 1 aliphatic heterocycles. The van der Waals surface area contributed by atoms with E-state index in [1.165, 1.54) is 0 Å². The Hall–Kier alpha value is -1.70. The number of tetrazole rings is 1. The van der Waals surface area contributed by atoms with Crippen molar-refractivity contribution < 1.29 is 9.53 Å². The molecule has 8 nitrogen and oxygen atoms in total. The largest absolute Gasteiger partial charge is 0.444 e. The molecule has 0 aliphatic carbocycles. The van der Waals surface area contributed by atoms with Crippen LogP contribution in [0.5, 0.6) is 0 Å². The average Bonchev–Trinajstić information content (AvgIpc) is 2.97. The van der Waals surface area contributed by atoms with Crippen molar-refractivity contribution >= 4 is 6.09 Å². The second kappa shape index (κ2) is 5.74. The second-order valence-corrected chi connectivity index (χ2v) is 6.07. The van der Waals surface area contributed by atoms with Gasteiger partial charge in [-0.3, -0.25) is 0 Å². The number of hydrogen-bond donors (Lipinski definition) is 2. The number of rotatable bonds is 3. The normalized spacial score (nSPS) is 21.0. The fourth-order valence-corrected chi connectivity index (χ4v) is 2.17. The Kier molecular flexibility index (Phi) is 4.22. The van der Waals surface area contributed by atoms with Gasteiger partial charge >= 0.3 is 6.09 Å². The number of amides is 1. The molecule has 0 saturated carbocycles. The molecule has 0 bridgehead atoms. The van der Waals surface area contributed by atoms with Crippen LogP contribution in [0.15, 0.2) is 0 Å². The molecule has 1 aromatic rings. The van der Waals surface area contributed by atoms with Crippen molar-refractivity contribution in [1.82, 2.24) is 30.8 Å². The van der Waals surface area contributed by atoms with Crippen LogP contribution < -0.4 is 5.32 Å². The van der Waals surface area contributed by atoms with Crippen molar-refractivity contribution in [3.63, 3.8) is 0 Å². The van der Waals surface area contributed by atoms with E-state index in [2.05, 4.69) is 25.9 Å². The Morgan fingerprint density at radius 2 is 2.30 bits per heavy atom. The molecule has 2 N–H and O–H groups in total. The molecule has 1 aliphatic rings. The Morgan fingerprint density at radius 3 is 2.90 bits per heavy atom. The van der Waals surface area contributed by atoms with Crippen LogP contribution in [0.2, 0.25) is 0 Å². The molecule has 2 rings (SSSR count). The van der Waals surface area contributed by atoms with Crippen molar-refractivity contribution in [3.05, 3.63) is 5.82 Å². The van der Waals surface area contributed by atoms with Gasteiger partial charge in [0.15, 0.2) is 5.82 Å². The van der Waals surface area contributed by atoms with E-state index in [0.717, 1.165) is 6.42 Å². The van der Waals surface area contributed by atoms with Crippen molar-refractivity contribution in [2.45, 2.75) is 51.8 Å². The van der Waals surface area contributed by atoms with Gasteiger partial charge in [0.1, 0.15) is 5.60 Å². The molecule has 1 fully saturated rings. The summed E-state index contributed by atoms with van der Waals surface area (Å²) in [5.74, 6) is 0.626. The van der Waals surface area contributed by atoms with Gasteiger partial charge in [-0.15, -0.1) is 10.2 Å². The molecule has 2 atom stereocenters. The minimum absolute atomic E-state index is 0.00247. The Balaban J connectivity index is 1.82. The van der Waals surface area contributed by atoms with Gasteiger partial charge in [0.25, 0.3) is 0 Å². The van der Waals surface area contributed by atoms with E-state index < -0.39 is 5.60 Å². The molecule has 8 heteroatoms. The summed E-state index contributed by atoms with van der Waals surface area (Å²) in [6.07, 6.45) is 0.635. The summed E-state index contributed by atoms with van der Waals surface area (Å²) >= 11 is 0. The summed E-state index contributed by atoms with van der Waals surface area (Å²) < 4.78 is 5.37. The van der Waals surface area contributed by atoms with E-state index in [4.69, 9.17) is 4.74 Å². The standard InChI is InChI=1S/C12H22N6O2/c1-8(10-14-16-17-15-10)13-9-5-6-18(7-9)11(19)20-12(2,3)4/h8-9,13H,5-7H2,1-4H3,(H,14,15,16,17). The zero-order valence-electron chi connectivity index (χ0n) is 12.4. The third-order valence-corrected chi connectivity index (χ3v) is 3.07. The number of hydrogen-bond acceptors (Lipinski definition) is 6. The minimum Gasteiger partial charge on any atom is -0.444 e. The number of nitrogens with one attached hydrogen (secondary N) is 2. The van der Waals surface area contributed by atoms with Gasteiger partial charge in [0.2, 0.25) is 0 Å². The highest BCUT2D eigenvalue weighted by Gasteiger charge is 2.30. The van der Waals surface area contributed by atoms with E-state index >= 15 is 0 Å². The van der Waals surface area contributed by atoms with Gasteiger partial charge < -0.3 is 15.0 Å². The van der Waals surface area contributed by atoms with Crippen LogP contribution in [-0.4, -0.2) is 56.3 Å². The lowest BCUT2D eigenvalue weighted by atomic mass is 10.2. The third-order valence-electron chi connectivity index (χ3n) is 3.07. The van der Waals surface area contributed by atoms with Crippen molar-refractivity contribution in [1.29, 1.82) is 0 Å². The van der Waals surface area contributed by atoms with E-state index in [-0.39, 0.29) is 18.2 Å². The molecule has 1 saturated heterocycles. The lowest BCUT2D eigenvalue weighted by Crippen LogP contribution is -2.39. The maximum absolute atomic E-state index is 12.0. The van der Waals surface area contributed by atoms with Crippen LogP contribution in [0.3, 0.4) is 0 Å². The zero-order chi connectivity index (χ0) is 14.8. The van der Waals surface area contributed by atoms with Gasteiger partial charge in [-0.05, 0) is 34.1 Å². The summed E-state index contributed by atoms with van der Waals surface area (Å²) in [7, 11) is 0.